The van der Waals surface area contributed by atoms with Gasteiger partial charge in [0.1, 0.15) is 0 Å². The molecule has 2 aliphatic rings. The first-order valence-electron chi connectivity index (χ1n) is 14.2. The van der Waals surface area contributed by atoms with Crippen molar-refractivity contribution in [2.24, 2.45) is 18.9 Å². The summed E-state index contributed by atoms with van der Waals surface area (Å²) in [4.78, 5) is 41.2. The second kappa shape index (κ2) is 13.2. The molecule has 2 N–H and O–H groups in total. The lowest BCUT2D eigenvalue weighted by Gasteiger charge is -2.33. The number of Topliss-reactive ketones (excluding diaryl/α,β-unsaturated/α-hetero) is 1. The normalized spacial score (nSPS) is 19.4. The number of hydrogen-bond acceptors (Lipinski definition) is 5. The van der Waals surface area contributed by atoms with Crippen molar-refractivity contribution < 1.29 is 14.4 Å². The Labute approximate surface area is 226 Å². The number of nitrogens with zero attached hydrogens (tertiary/aromatic N) is 3. The number of aryl methyl sites for hydroxylation is 1. The summed E-state index contributed by atoms with van der Waals surface area (Å²) in [6.45, 7) is 6.12. The molecule has 4 rings (SSSR count). The van der Waals surface area contributed by atoms with Crippen LogP contribution < -0.4 is 10.6 Å². The fourth-order valence-corrected chi connectivity index (χ4v) is 5.87. The molecular weight excluding hydrogens is 478 g/mol. The summed E-state index contributed by atoms with van der Waals surface area (Å²) in [6, 6.07) is 7.32. The van der Waals surface area contributed by atoms with E-state index in [0.717, 1.165) is 56.2 Å². The van der Waals surface area contributed by atoms with Crippen LogP contribution in [0.3, 0.4) is 0 Å². The highest BCUT2D eigenvalue weighted by Gasteiger charge is 2.32. The van der Waals surface area contributed by atoms with Crippen LogP contribution in [0.25, 0.3) is 0 Å². The highest BCUT2D eigenvalue weighted by Crippen LogP contribution is 2.30. The molecule has 1 aliphatic heterocycles. The van der Waals surface area contributed by atoms with Gasteiger partial charge in [0.25, 0.3) is 5.91 Å². The molecule has 0 radical (unpaired) electrons. The Hall–Kier alpha value is -3.00. The molecular formula is C30H43N5O3. The number of benzene rings is 1. The largest absolute Gasteiger partial charge is 0.342 e. The predicted molar refractivity (Wildman–Crippen MR) is 148 cm³/mol. The van der Waals surface area contributed by atoms with Gasteiger partial charge in [-0.3, -0.25) is 19.1 Å². The number of hydrogen-bond donors (Lipinski definition) is 2. The molecule has 1 unspecified atom stereocenters. The van der Waals surface area contributed by atoms with E-state index in [1.807, 2.05) is 56.3 Å². The number of rotatable bonds is 10. The quantitative estimate of drug-likeness (QED) is 0.496. The summed E-state index contributed by atoms with van der Waals surface area (Å²) in [6.07, 6.45) is 11.1. The minimum Gasteiger partial charge on any atom is -0.342 e. The number of ketones is 1. The number of likely N-dealkylation sites (tertiary alicyclic amines) is 1. The van der Waals surface area contributed by atoms with Crippen LogP contribution in [0.2, 0.25) is 0 Å². The molecule has 2 fully saturated rings. The van der Waals surface area contributed by atoms with Crippen LogP contribution >= 0.6 is 0 Å². The molecule has 8 heteroatoms. The number of amides is 2. The van der Waals surface area contributed by atoms with E-state index >= 15 is 0 Å². The molecule has 2 aromatic rings. The lowest BCUT2D eigenvalue weighted by atomic mass is 9.80. The third-order valence-electron chi connectivity index (χ3n) is 8.04. The summed E-state index contributed by atoms with van der Waals surface area (Å²) in [7, 11) is 1.88. The molecule has 2 amide bonds. The van der Waals surface area contributed by atoms with Crippen molar-refractivity contribution in [3.8, 4) is 0 Å². The number of nitrogens with one attached hydrogen (secondary N) is 2. The molecule has 0 spiro atoms. The zero-order chi connectivity index (χ0) is 27.1. The van der Waals surface area contributed by atoms with Crippen LogP contribution in [0.1, 0.15) is 86.2 Å². The summed E-state index contributed by atoms with van der Waals surface area (Å²) in [5, 5.41) is 10.5. The van der Waals surface area contributed by atoms with Gasteiger partial charge in [0.2, 0.25) is 5.91 Å². The molecule has 1 saturated heterocycles. The number of aromatic nitrogens is 2. The Morgan fingerprint density at radius 3 is 2.58 bits per heavy atom. The second-order valence-corrected chi connectivity index (χ2v) is 11.3. The third-order valence-corrected chi connectivity index (χ3v) is 8.04. The van der Waals surface area contributed by atoms with E-state index in [4.69, 9.17) is 0 Å². The van der Waals surface area contributed by atoms with Crippen LogP contribution in [0.4, 0.5) is 0 Å². The molecule has 1 aromatic carbocycles. The first-order valence-corrected chi connectivity index (χ1v) is 14.2. The Kier molecular flexibility index (Phi) is 9.72. The van der Waals surface area contributed by atoms with Gasteiger partial charge in [-0.05, 0) is 49.3 Å². The Balaban J connectivity index is 1.36. The van der Waals surface area contributed by atoms with Crippen LogP contribution in [0.5, 0.6) is 0 Å². The van der Waals surface area contributed by atoms with Crippen LogP contribution in [0, 0.1) is 11.8 Å². The van der Waals surface area contributed by atoms with Gasteiger partial charge in [0.15, 0.2) is 5.78 Å². The maximum atomic E-state index is 13.3. The van der Waals surface area contributed by atoms with Gasteiger partial charge >= 0.3 is 0 Å². The third kappa shape index (κ3) is 7.31. The van der Waals surface area contributed by atoms with E-state index in [0.29, 0.717) is 18.7 Å². The molecule has 0 bridgehead atoms. The average molecular weight is 522 g/mol. The van der Waals surface area contributed by atoms with Crippen molar-refractivity contribution in [1.82, 2.24) is 25.3 Å². The van der Waals surface area contributed by atoms with Gasteiger partial charge < -0.3 is 15.5 Å². The summed E-state index contributed by atoms with van der Waals surface area (Å²) < 4.78 is 1.75. The molecule has 206 valence electrons. The van der Waals surface area contributed by atoms with E-state index in [1.54, 1.807) is 10.9 Å². The van der Waals surface area contributed by atoms with Gasteiger partial charge in [-0.1, -0.05) is 45.2 Å². The lowest BCUT2D eigenvalue weighted by molar-refractivity contribution is -0.131. The second-order valence-electron chi connectivity index (χ2n) is 11.3. The maximum absolute atomic E-state index is 13.3. The van der Waals surface area contributed by atoms with E-state index in [2.05, 4.69) is 15.7 Å². The number of piperidine rings is 1. The Bertz CT molecular complexity index is 1100. The van der Waals surface area contributed by atoms with E-state index in [-0.39, 0.29) is 41.9 Å². The lowest BCUT2D eigenvalue weighted by Crippen LogP contribution is -2.48. The number of carbonyl (C=O) groups excluding carboxylic acids is 3. The first-order chi connectivity index (χ1) is 18.3. The highest BCUT2D eigenvalue weighted by molar-refractivity contribution is 5.98. The summed E-state index contributed by atoms with van der Waals surface area (Å²) in [5.74, 6) is 0.327. The topological polar surface area (TPSA) is 96.3 Å². The van der Waals surface area contributed by atoms with Crippen molar-refractivity contribution in [2.75, 3.05) is 19.6 Å². The van der Waals surface area contributed by atoms with Crippen molar-refractivity contribution in [3.05, 3.63) is 53.3 Å². The minimum absolute atomic E-state index is 0.0926. The van der Waals surface area contributed by atoms with Crippen molar-refractivity contribution in [1.29, 1.82) is 0 Å². The predicted octanol–water partition coefficient (Wildman–Crippen LogP) is 3.82. The first kappa shape index (κ1) is 28.0. The average Bonchev–Trinajstić information content (AvgIpc) is 3.36. The van der Waals surface area contributed by atoms with Gasteiger partial charge in [-0.25, -0.2) is 0 Å². The van der Waals surface area contributed by atoms with E-state index < -0.39 is 6.04 Å². The van der Waals surface area contributed by atoms with E-state index in [1.165, 1.54) is 6.42 Å². The monoisotopic (exact) mass is 521 g/mol. The Morgan fingerprint density at radius 1 is 1.08 bits per heavy atom. The van der Waals surface area contributed by atoms with Crippen LogP contribution in [-0.2, 0) is 23.2 Å². The molecule has 38 heavy (non-hydrogen) atoms. The van der Waals surface area contributed by atoms with Gasteiger partial charge in [-0.15, -0.1) is 0 Å². The Morgan fingerprint density at radius 2 is 1.87 bits per heavy atom. The van der Waals surface area contributed by atoms with Crippen molar-refractivity contribution in [3.63, 3.8) is 0 Å². The van der Waals surface area contributed by atoms with E-state index in [9.17, 15) is 14.4 Å². The molecule has 1 aliphatic carbocycles. The van der Waals surface area contributed by atoms with Crippen LogP contribution in [-0.4, -0.2) is 58.0 Å². The molecule has 2 atom stereocenters. The van der Waals surface area contributed by atoms with Gasteiger partial charge in [-0.2, -0.15) is 5.10 Å². The fraction of sp³-hybridized carbons (Fsp3) is 0.600. The standard InChI is InChI=1S/C30H43N5O3/c1-21(2)29(37)28(23-9-5-4-6-10-23)33-30(38)25-12-7-11-24(15-25)26-13-8-14-35(20-26)27(36)18-31-16-22-17-32-34(3)19-22/h7,11-12,15,17,19,21,23,26,28,31H,4-6,8-10,13-14,16,18,20H2,1-3H3,(H,33,38)/t26?,28-/m1/s1. The minimum atomic E-state index is -0.423. The van der Waals surface area contributed by atoms with Crippen molar-refractivity contribution in [2.45, 2.75) is 77.3 Å². The SMILES string of the molecule is CC(C)C(=O)[C@H](NC(=O)c1cccc(C2CCCN(C(=O)CNCc3cnn(C)c3)C2)c1)C1CCCCC1. The number of carbonyl (C=O) groups is 3. The van der Waals surface area contributed by atoms with Crippen molar-refractivity contribution >= 4 is 17.6 Å². The molecule has 1 aromatic heterocycles. The summed E-state index contributed by atoms with van der Waals surface area (Å²) in [5.41, 5.74) is 2.71. The fourth-order valence-electron chi connectivity index (χ4n) is 5.87. The maximum Gasteiger partial charge on any atom is 0.251 e. The van der Waals surface area contributed by atoms with Crippen LogP contribution in [0.15, 0.2) is 36.7 Å². The summed E-state index contributed by atoms with van der Waals surface area (Å²) >= 11 is 0. The van der Waals surface area contributed by atoms with Gasteiger partial charge in [0, 0.05) is 55.8 Å². The molecule has 2 heterocycles. The van der Waals surface area contributed by atoms with Gasteiger partial charge in [0.05, 0.1) is 18.8 Å². The molecule has 8 nitrogen and oxygen atoms in total. The zero-order valence-electron chi connectivity index (χ0n) is 23.1. The highest BCUT2D eigenvalue weighted by atomic mass is 16.2. The zero-order valence-corrected chi connectivity index (χ0v) is 23.1. The smallest absolute Gasteiger partial charge is 0.251 e. The molecule has 1 saturated carbocycles.